The molecule has 0 saturated heterocycles. The molecule has 10 heteroatoms. The normalized spacial score (nSPS) is 10.8. The zero-order valence-electron chi connectivity index (χ0n) is 16.1. The fourth-order valence-electron chi connectivity index (χ4n) is 2.73. The Morgan fingerprint density at radius 1 is 1.23 bits per heavy atom. The molecule has 4 rings (SSSR count). The Labute approximate surface area is 184 Å². The van der Waals surface area contributed by atoms with Crippen molar-refractivity contribution in [1.29, 1.82) is 0 Å². The number of ether oxygens (including phenoxy) is 1. The van der Waals surface area contributed by atoms with Crippen LogP contribution in [0, 0.1) is 0 Å². The van der Waals surface area contributed by atoms with Gasteiger partial charge < -0.3 is 14.5 Å². The second-order valence-corrected chi connectivity index (χ2v) is 8.25. The molecule has 0 fully saturated rings. The summed E-state index contributed by atoms with van der Waals surface area (Å²) in [6.45, 7) is 0.183. The van der Waals surface area contributed by atoms with Gasteiger partial charge in [-0.05, 0) is 24.3 Å². The molecule has 4 aromatic rings. The van der Waals surface area contributed by atoms with Crippen molar-refractivity contribution in [2.45, 2.75) is 18.0 Å². The van der Waals surface area contributed by atoms with Crippen molar-refractivity contribution in [1.82, 2.24) is 14.7 Å². The first kappa shape index (κ1) is 20.9. The van der Waals surface area contributed by atoms with Gasteiger partial charge in [0.05, 0.1) is 29.8 Å². The minimum atomic E-state index is -0.549. The van der Waals surface area contributed by atoms with Gasteiger partial charge in [0.1, 0.15) is 12.4 Å². The van der Waals surface area contributed by atoms with Gasteiger partial charge in [0.25, 0.3) is 5.56 Å². The number of furan rings is 1. The highest BCUT2D eigenvalue weighted by Crippen LogP contribution is 2.23. The van der Waals surface area contributed by atoms with Crippen LogP contribution in [0.2, 0.25) is 0 Å². The van der Waals surface area contributed by atoms with Crippen LogP contribution in [0.3, 0.4) is 0 Å². The average molecular weight is 456 g/mol. The van der Waals surface area contributed by atoms with Gasteiger partial charge >= 0.3 is 5.97 Å². The molecular weight excluding hydrogens is 438 g/mol. The summed E-state index contributed by atoms with van der Waals surface area (Å²) in [5.74, 6) is 0.0697. The van der Waals surface area contributed by atoms with E-state index in [1.807, 2.05) is 0 Å². The topological polar surface area (TPSA) is 103 Å². The molecule has 1 N–H and O–H groups in total. The van der Waals surface area contributed by atoms with Crippen molar-refractivity contribution in [2.24, 2.45) is 0 Å². The number of carbonyl (C=O) groups is 2. The van der Waals surface area contributed by atoms with Gasteiger partial charge in [-0.25, -0.2) is 9.78 Å². The molecule has 0 atom stereocenters. The molecule has 158 valence electrons. The maximum Gasteiger partial charge on any atom is 0.339 e. The number of carbonyl (C=O) groups excluding carboxylic acids is 2. The molecule has 0 radical (unpaired) electrons. The van der Waals surface area contributed by atoms with Crippen molar-refractivity contribution < 1.29 is 18.7 Å². The first-order chi connectivity index (χ1) is 15.1. The monoisotopic (exact) mass is 455 g/mol. The largest absolute Gasteiger partial charge is 0.467 e. The lowest BCUT2D eigenvalue weighted by atomic mass is 10.2. The van der Waals surface area contributed by atoms with E-state index in [4.69, 9.17) is 9.15 Å². The summed E-state index contributed by atoms with van der Waals surface area (Å²) in [5.41, 5.74) is 0.498. The van der Waals surface area contributed by atoms with Crippen LogP contribution in [-0.4, -0.2) is 27.0 Å². The smallest absolute Gasteiger partial charge is 0.339 e. The van der Waals surface area contributed by atoms with E-state index in [1.54, 1.807) is 54.2 Å². The number of nitrogens with one attached hydrogen (secondary N) is 1. The summed E-state index contributed by atoms with van der Waals surface area (Å²) in [7, 11) is 0. The van der Waals surface area contributed by atoms with E-state index in [1.165, 1.54) is 33.6 Å². The van der Waals surface area contributed by atoms with E-state index in [0.717, 1.165) is 0 Å². The Kier molecular flexibility index (Phi) is 6.48. The number of esters is 1. The molecule has 0 unspecified atom stereocenters. The summed E-state index contributed by atoms with van der Waals surface area (Å²) in [6, 6.07) is 11.8. The predicted octanol–water partition coefficient (Wildman–Crippen LogP) is 3.11. The Balaban J connectivity index is 1.36. The van der Waals surface area contributed by atoms with Crippen molar-refractivity contribution in [2.75, 3.05) is 5.75 Å². The summed E-state index contributed by atoms with van der Waals surface area (Å²) >= 11 is 2.56. The lowest BCUT2D eigenvalue weighted by Crippen LogP contribution is -2.24. The molecule has 3 heterocycles. The minimum Gasteiger partial charge on any atom is -0.467 e. The number of rotatable bonds is 8. The fourth-order valence-corrected chi connectivity index (χ4v) is 4.34. The van der Waals surface area contributed by atoms with Gasteiger partial charge in [0.2, 0.25) is 5.91 Å². The van der Waals surface area contributed by atoms with Gasteiger partial charge in [0, 0.05) is 22.5 Å². The minimum absolute atomic E-state index is 0.120. The van der Waals surface area contributed by atoms with E-state index in [2.05, 4.69) is 10.3 Å². The molecule has 0 aliphatic heterocycles. The van der Waals surface area contributed by atoms with Gasteiger partial charge in [-0.1, -0.05) is 12.1 Å². The van der Waals surface area contributed by atoms with Crippen molar-refractivity contribution in [3.05, 3.63) is 87.7 Å². The average Bonchev–Trinajstić information content (AvgIpc) is 3.47. The third-order valence-electron chi connectivity index (χ3n) is 4.21. The SMILES string of the molecule is O=C(CSc1ccccc1C(=O)OCc1cc(=O)n2ccsc2n1)NCc1ccco1. The van der Waals surface area contributed by atoms with E-state index >= 15 is 0 Å². The highest BCUT2D eigenvalue weighted by atomic mass is 32.2. The summed E-state index contributed by atoms with van der Waals surface area (Å²) in [4.78, 5) is 42.2. The Bertz CT molecular complexity index is 1260. The molecule has 1 aromatic carbocycles. The number of fused-ring (bicyclic) bond motifs is 1. The van der Waals surface area contributed by atoms with Gasteiger partial charge in [0.15, 0.2) is 4.96 Å². The standard InChI is InChI=1S/C21H17N3O5S2/c25-18(22-11-15-4-3-8-28-15)13-31-17-6-2-1-5-16(17)20(27)29-12-14-10-19(26)24-7-9-30-21(24)23-14/h1-10H,11-13H2,(H,22,25). The molecule has 0 aliphatic rings. The summed E-state index contributed by atoms with van der Waals surface area (Å²) in [6.07, 6.45) is 3.19. The summed E-state index contributed by atoms with van der Waals surface area (Å²) < 4.78 is 12.0. The lowest BCUT2D eigenvalue weighted by molar-refractivity contribution is -0.118. The molecule has 0 bridgehead atoms. The fraction of sp³-hybridized carbons (Fsp3) is 0.143. The van der Waals surface area contributed by atoms with Crippen LogP contribution in [0.15, 0.2) is 74.4 Å². The second kappa shape index (κ2) is 9.63. The van der Waals surface area contributed by atoms with Crippen molar-refractivity contribution in [3.8, 4) is 0 Å². The zero-order valence-corrected chi connectivity index (χ0v) is 17.8. The van der Waals surface area contributed by atoms with Crippen LogP contribution < -0.4 is 10.9 Å². The molecule has 0 spiro atoms. The second-order valence-electron chi connectivity index (χ2n) is 6.36. The van der Waals surface area contributed by atoms with Gasteiger partial charge in [-0.3, -0.25) is 14.0 Å². The number of hydrogen-bond donors (Lipinski definition) is 1. The number of hydrogen-bond acceptors (Lipinski definition) is 8. The Morgan fingerprint density at radius 3 is 2.94 bits per heavy atom. The third-order valence-corrected chi connectivity index (χ3v) is 6.04. The molecule has 0 aliphatic carbocycles. The number of amides is 1. The van der Waals surface area contributed by atoms with Gasteiger partial charge in [-0.2, -0.15) is 0 Å². The third kappa shape index (κ3) is 5.22. The lowest BCUT2D eigenvalue weighted by Gasteiger charge is -2.09. The zero-order chi connectivity index (χ0) is 21.6. The van der Waals surface area contributed by atoms with E-state index < -0.39 is 5.97 Å². The van der Waals surface area contributed by atoms with Crippen LogP contribution in [0.25, 0.3) is 4.96 Å². The number of thioether (sulfide) groups is 1. The molecule has 3 aromatic heterocycles. The van der Waals surface area contributed by atoms with Crippen LogP contribution in [0.5, 0.6) is 0 Å². The highest BCUT2D eigenvalue weighted by molar-refractivity contribution is 8.00. The number of nitrogens with zero attached hydrogens (tertiary/aromatic N) is 2. The van der Waals surface area contributed by atoms with Crippen molar-refractivity contribution >= 4 is 39.9 Å². The first-order valence-corrected chi connectivity index (χ1v) is 11.1. The molecule has 31 heavy (non-hydrogen) atoms. The molecular formula is C21H17N3O5S2. The van der Waals surface area contributed by atoms with Gasteiger partial charge in [-0.15, -0.1) is 23.1 Å². The molecule has 1 amide bonds. The van der Waals surface area contributed by atoms with Crippen LogP contribution in [0.4, 0.5) is 0 Å². The van der Waals surface area contributed by atoms with Crippen LogP contribution in [0.1, 0.15) is 21.8 Å². The highest BCUT2D eigenvalue weighted by Gasteiger charge is 2.15. The van der Waals surface area contributed by atoms with E-state index in [9.17, 15) is 14.4 Å². The Morgan fingerprint density at radius 2 is 2.10 bits per heavy atom. The number of benzene rings is 1. The molecule has 8 nitrogen and oxygen atoms in total. The summed E-state index contributed by atoms with van der Waals surface area (Å²) in [5, 5.41) is 4.52. The van der Waals surface area contributed by atoms with Crippen LogP contribution >= 0.6 is 23.1 Å². The number of aromatic nitrogens is 2. The quantitative estimate of drug-likeness (QED) is 0.322. The van der Waals surface area contributed by atoms with Crippen LogP contribution in [-0.2, 0) is 22.7 Å². The van der Waals surface area contributed by atoms with E-state index in [-0.39, 0.29) is 23.8 Å². The first-order valence-electron chi connectivity index (χ1n) is 9.24. The maximum atomic E-state index is 12.6. The van der Waals surface area contributed by atoms with Crippen molar-refractivity contribution in [3.63, 3.8) is 0 Å². The van der Waals surface area contributed by atoms with E-state index in [0.29, 0.717) is 33.4 Å². The number of thiazole rings is 1. The molecule has 0 saturated carbocycles. The maximum absolute atomic E-state index is 12.6. The predicted molar refractivity (Wildman–Crippen MR) is 116 cm³/mol. The Hall–Kier alpha value is -3.37.